The van der Waals surface area contributed by atoms with E-state index < -0.39 is 0 Å². The minimum atomic E-state index is 0.224. The van der Waals surface area contributed by atoms with E-state index in [1.165, 1.54) is 12.8 Å². The second-order valence-electron chi connectivity index (χ2n) is 6.10. The maximum absolute atomic E-state index is 5.81. The van der Waals surface area contributed by atoms with E-state index in [9.17, 15) is 0 Å². The van der Waals surface area contributed by atoms with Crippen molar-refractivity contribution in [1.82, 2.24) is 5.32 Å². The fourth-order valence-corrected chi connectivity index (χ4v) is 1.98. The summed E-state index contributed by atoms with van der Waals surface area (Å²) in [5.74, 6) is 0. The monoisotopic (exact) mass is 243 g/mol. The predicted octanol–water partition coefficient (Wildman–Crippen LogP) is 2.74. The average Bonchev–Trinajstić information content (AvgIpc) is 2.73. The molecule has 0 aromatic carbocycles. The third-order valence-corrected chi connectivity index (χ3v) is 3.03. The maximum atomic E-state index is 5.81. The van der Waals surface area contributed by atoms with Crippen molar-refractivity contribution in [3.8, 4) is 0 Å². The molecular weight excluding hydrogens is 214 g/mol. The summed E-state index contributed by atoms with van der Waals surface area (Å²) in [6, 6.07) is 0. The van der Waals surface area contributed by atoms with Crippen LogP contribution in [-0.2, 0) is 9.47 Å². The average molecular weight is 243 g/mol. The van der Waals surface area contributed by atoms with Crippen molar-refractivity contribution in [1.29, 1.82) is 0 Å². The summed E-state index contributed by atoms with van der Waals surface area (Å²) in [5.41, 5.74) is 0.224. The van der Waals surface area contributed by atoms with Gasteiger partial charge in [0.05, 0.1) is 18.8 Å². The smallest absolute Gasteiger partial charge is 0.0809 e. The third kappa shape index (κ3) is 7.74. The highest BCUT2D eigenvalue weighted by Gasteiger charge is 2.16. The highest BCUT2D eigenvalue weighted by molar-refractivity contribution is 4.70. The lowest BCUT2D eigenvalue weighted by molar-refractivity contribution is -0.0169. The Bertz CT molecular complexity index is 195. The first-order valence-corrected chi connectivity index (χ1v) is 6.95. The number of ether oxygens (including phenoxy) is 2. The molecule has 1 heterocycles. The van der Waals surface area contributed by atoms with Crippen LogP contribution in [0.5, 0.6) is 0 Å². The molecule has 1 aliphatic heterocycles. The summed E-state index contributed by atoms with van der Waals surface area (Å²) < 4.78 is 11.3. The molecule has 0 aliphatic carbocycles. The van der Waals surface area contributed by atoms with Gasteiger partial charge in [0, 0.05) is 12.1 Å². The third-order valence-electron chi connectivity index (χ3n) is 3.03. The van der Waals surface area contributed by atoms with Crippen LogP contribution in [0.3, 0.4) is 0 Å². The first-order valence-electron chi connectivity index (χ1n) is 6.95. The zero-order valence-corrected chi connectivity index (χ0v) is 11.9. The van der Waals surface area contributed by atoms with Gasteiger partial charge in [0.25, 0.3) is 0 Å². The number of nitrogens with one attached hydrogen (secondary N) is 1. The molecule has 1 aliphatic rings. The van der Waals surface area contributed by atoms with Gasteiger partial charge in [-0.1, -0.05) is 0 Å². The molecule has 1 saturated heterocycles. The quantitative estimate of drug-likeness (QED) is 0.697. The maximum Gasteiger partial charge on any atom is 0.0809 e. The summed E-state index contributed by atoms with van der Waals surface area (Å²) in [6.45, 7) is 11.5. The normalized spacial score (nSPS) is 22.9. The highest BCUT2D eigenvalue weighted by atomic mass is 16.5. The van der Waals surface area contributed by atoms with E-state index in [1.807, 2.05) is 0 Å². The summed E-state index contributed by atoms with van der Waals surface area (Å²) in [6.07, 6.45) is 5.35. The minimum Gasteiger partial charge on any atom is -0.376 e. The van der Waals surface area contributed by atoms with Crippen molar-refractivity contribution in [2.24, 2.45) is 0 Å². The Morgan fingerprint density at radius 2 is 2.18 bits per heavy atom. The molecule has 2 atom stereocenters. The van der Waals surface area contributed by atoms with Crippen LogP contribution >= 0.6 is 0 Å². The molecule has 0 aromatic heterocycles. The van der Waals surface area contributed by atoms with Crippen LogP contribution in [0.1, 0.15) is 53.4 Å². The van der Waals surface area contributed by atoms with E-state index >= 15 is 0 Å². The molecule has 0 spiro atoms. The summed E-state index contributed by atoms with van der Waals surface area (Å²) in [5, 5.41) is 3.49. The Labute approximate surface area is 106 Å². The summed E-state index contributed by atoms with van der Waals surface area (Å²) in [4.78, 5) is 0. The Balaban J connectivity index is 1.95. The van der Waals surface area contributed by atoms with E-state index in [2.05, 4.69) is 33.0 Å². The van der Waals surface area contributed by atoms with Gasteiger partial charge in [-0.15, -0.1) is 0 Å². The van der Waals surface area contributed by atoms with E-state index in [0.29, 0.717) is 12.2 Å². The highest BCUT2D eigenvalue weighted by Crippen LogP contribution is 2.13. The molecule has 3 heteroatoms. The van der Waals surface area contributed by atoms with Crippen LogP contribution in [-0.4, -0.2) is 37.5 Å². The van der Waals surface area contributed by atoms with Gasteiger partial charge in [-0.05, 0) is 59.9 Å². The van der Waals surface area contributed by atoms with E-state index in [1.54, 1.807) is 0 Å². The largest absolute Gasteiger partial charge is 0.376 e. The van der Waals surface area contributed by atoms with Crippen LogP contribution in [0.15, 0.2) is 0 Å². The Kier molecular flexibility index (Phi) is 6.45. The van der Waals surface area contributed by atoms with Crippen molar-refractivity contribution in [3.63, 3.8) is 0 Å². The first kappa shape index (κ1) is 14.9. The number of rotatable bonds is 7. The van der Waals surface area contributed by atoms with Gasteiger partial charge >= 0.3 is 0 Å². The molecule has 102 valence electrons. The molecular formula is C14H29NO2. The first-order chi connectivity index (χ1) is 7.97. The molecule has 17 heavy (non-hydrogen) atoms. The topological polar surface area (TPSA) is 30.5 Å². The van der Waals surface area contributed by atoms with Crippen LogP contribution in [0.25, 0.3) is 0 Å². The molecule has 0 bridgehead atoms. The summed E-state index contributed by atoms with van der Waals surface area (Å²) in [7, 11) is 0. The predicted molar refractivity (Wildman–Crippen MR) is 71.4 cm³/mol. The molecule has 0 radical (unpaired) electrons. The van der Waals surface area contributed by atoms with Gasteiger partial charge in [0.15, 0.2) is 0 Å². The number of hydrogen-bond acceptors (Lipinski definition) is 3. The SMILES string of the molecule is CC(CCCNC(C)(C)C)OCC1CCCO1. The Morgan fingerprint density at radius 1 is 1.41 bits per heavy atom. The second kappa shape index (κ2) is 7.34. The minimum absolute atomic E-state index is 0.224. The molecule has 1 N–H and O–H groups in total. The fourth-order valence-electron chi connectivity index (χ4n) is 1.98. The Hall–Kier alpha value is -0.120. The van der Waals surface area contributed by atoms with Gasteiger partial charge in [0.1, 0.15) is 0 Å². The van der Waals surface area contributed by atoms with Crippen molar-refractivity contribution in [3.05, 3.63) is 0 Å². The molecule has 0 saturated carbocycles. The molecule has 1 rings (SSSR count). The van der Waals surface area contributed by atoms with Crippen LogP contribution in [0.2, 0.25) is 0 Å². The van der Waals surface area contributed by atoms with Gasteiger partial charge in [-0.25, -0.2) is 0 Å². The lowest BCUT2D eigenvalue weighted by Crippen LogP contribution is -2.36. The van der Waals surface area contributed by atoms with Crippen molar-refractivity contribution in [2.75, 3.05) is 19.8 Å². The second-order valence-corrected chi connectivity index (χ2v) is 6.10. The molecule has 0 amide bonds. The van der Waals surface area contributed by atoms with Crippen LogP contribution in [0, 0.1) is 0 Å². The Morgan fingerprint density at radius 3 is 2.76 bits per heavy atom. The molecule has 2 unspecified atom stereocenters. The zero-order valence-electron chi connectivity index (χ0n) is 11.9. The lowest BCUT2D eigenvalue weighted by Gasteiger charge is -2.21. The van der Waals surface area contributed by atoms with E-state index in [0.717, 1.165) is 32.6 Å². The van der Waals surface area contributed by atoms with Crippen molar-refractivity contribution >= 4 is 0 Å². The zero-order chi connectivity index (χ0) is 12.7. The van der Waals surface area contributed by atoms with Gasteiger partial charge in [-0.3, -0.25) is 0 Å². The van der Waals surface area contributed by atoms with E-state index in [-0.39, 0.29) is 5.54 Å². The van der Waals surface area contributed by atoms with Crippen LogP contribution < -0.4 is 5.32 Å². The van der Waals surface area contributed by atoms with Crippen molar-refractivity contribution in [2.45, 2.75) is 71.1 Å². The van der Waals surface area contributed by atoms with Gasteiger partial charge in [-0.2, -0.15) is 0 Å². The molecule has 0 aromatic rings. The van der Waals surface area contributed by atoms with Crippen LogP contribution in [0.4, 0.5) is 0 Å². The number of hydrogen-bond donors (Lipinski definition) is 1. The standard InChI is InChI=1S/C14H29NO2/c1-12(7-5-9-15-14(2,3)4)17-11-13-8-6-10-16-13/h12-13,15H,5-11H2,1-4H3. The fraction of sp³-hybridized carbons (Fsp3) is 1.00. The van der Waals surface area contributed by atoms with Gasteiger partial charge < -0.3 is 14.8 Å². The van der Waals surface area contributed by atoms with E-state index in [4.69, 9.17) is 9.47 Å². The van der Waals surface area contributed by atoms with Crippen molar-refractivity contribution < 1.29 is 9.47 Å². The lowest BCUT2D eigenvalue weighted by atomic mass is 10.1. The van der Waals surface area contributed by atoms with Gasteiger partial charge in [0.2, 0.25) is 0 Å². The molecule has 3 nitrogen and oxygen atoms in total. The summed E-state index contributed by atoms with van der Waals surface area (Å²) >= 11 is 0. The molecule has 1 fully saturated rings.